The summed E-state index contributed by atoms with van der Waals surface area (Å²) < 4.78 is 55.5. The van der Waals surface area contributed by atoms with E-state index < -0.39 is 41.4 Å². The topological polar surface area (TPSA) is 125 Å². The van der Waals surface area contributed by atoms with Gasteiger partial charge < -0.3 is 15.8 Å². The van der Waals surface area contributed by atoms with Crippen molar-refractivity contribution in [2.75, 3.05) is 11.9 Å². The molecule has 0 heterocycles. The maximum Gasteiger partial charge on any atom is 0.340 e. The summed E-state index contributed by atoms with van der Waals surface area (Å²) in [5.41, 5.74) is 4.14. The van der Waals surface area contributed by atoms with Crippen LogP contribution in [0.2, 0.25) is 0 Å². The van der Waals surface area contributed by atoms with Crippen molar-refractivity contribution >= 4 is 23.2 Å². The van der Waals surface area contributed by atoms with Crippen LogP contribution in [0.15, 0.2) is 42.5 Å². The SMILES string of the molecule is NC(=O)c1ccc(OCC(F)(F)C(F)F)c(NC(=O)c2cccc([N+](=O)[O-])c2)c1. The molecular weight excluding hydrogens is 402 g/mol. The zero-order valence-electron chi connectivity index (χ0n) is 14.4. The number of benzene rings is 2. The first-order valence-corrected chi connectivity index (χ1v) is 7.79. The normalized spacial score (nSPS) is 11.2. The Balaban J connectivity index is 2.32. The fourth-order valence-electron chi connectivity index (χ4n) is 2.10. The summed E-state index contributed by atoms with van der Waals surface area (Å²) in [6.07, 6.45) is -3.98. The van der Waals surface area contributed by atoms with Crippen molar-refractivity contribution in [2.24, 2.45) is 5.73 Å². The van der Waals surface area contributed by atoms with Gasteiger partial charge >= 0.3 is 12.3 Å². The lowest BCUT2D eigenvalue weighted by molar-refractivity contribution is -0.384. The van der Waals surface area contributed by atoms with Gasteiger partial charge in [0.15, 0.2) is 6.61 Å². The zero-order chi connectivity index (χ0) is 21.8. The predicted molar refractivity (Wildman–Crippen MR) is 92.5 cm³/mol. The van der Waals surface area contributed by atoms with Gasteiger partial charge in [0, 0.05) is 23.3 Å². The number of primary amides is 1. The number of anilines is 1. The number of carbonyl (C=O) groups excluding carboxylic acids is 2. The highest BCUT2D eigenvalue weighted by molar-refractivity contribution is 6.06. The Kier molecular flexibility index (Phi) is 6.36. The molecule has 29 heavy (non-hydrogen) atoms. The maximum absolute atomic E-state index is 13.1. The van der Waals surface area contributed by atoms with Crippen LogP contribution in [0.5, 0.6) is 5.75 Å². The number of hydrogen-bond acceptors (Lipinski definition) is 5. The molecule has 0 aromatic heterocycles. The number of ether oxygens (including phenoxy) is 1. The molecule has 2 aromatic carbocycles. The number of hydrogen-bond donors (Lipinski definition) is 2. The number of nitro benzene ring substituents is 1. The molecule has 0 atom stereocenters. The highest BCUT2D eigenvalue weighted by Gasteiger charge is 2.42. The van der Waals surface area contributed by atoms with Gasteiger partial charge in [0.05, 0.1) is 10.6 Å². The molecule has 3 N–H and O–H groups in total. The third-order valence-electron chi connectivity index (χ3n) is 3.57. The van der Waals surface area contributed by atoms with Crippen molar-refractivity contribution in [3.8, 4) is 5.75 Å². The van der Waals surface area contributed by atoms with Crippen LogP contribution in [0.25, 0.3) is 0 Å². The number of nitro groups is 1. The van der Waals surface area contributed by atoms with E-state index in [0.717, 1.165) is 30.3 Å². The molecule has 2 rings (SSSR count). The Hall–Kier alpha value is -3.70. The molecule has 2 aromatic rings. The highest BCUT2D eigenvalue weighted by Crippen LogP contribution is 2.30. The zero-order valence-corrected chi connectivity index (χ0v) is 14.4. The smallest absolute Gasteiger partial charge is 0.340 e. The van der Waals surface area contributed by atoms with Crippen molar-refractivity contribution in [3.05, 3.63) is 63.7 Å². The largest absolute Gasteiger partial charge is 0.485 e. The Labute approximate surface area is 160 Å². The van der Waals surface area contributed by atoms with Crippen LogP contribution in [0.1, 0.15) is 20.7 Å². The van der Waals surface area contributed by atoms with E-state index in [1.807, 2.05) is 0 Å². The lowest BCUT2D eigenvalue weighted by Crippen LogP contribution is -2.34. The number of nitrogens with one attached hydrogen (secondary N) is 1. The van der Waals surface area contributed by atoms with Crippen LogP contribution in [-0.4, -0.2) is 35.7 Å². The molecule has 0 spiro atoms. The average molecular weight is 415 g/mol. The van der Waals surface area contributed by atoms with Gasteiger partial charge in [-0.1, -0.05) is 6.07 Å². The Bertz CT molecular complexity index is 952. The van der Waals surface area contributed by atoms with E-state index >= 15 is 0 Å². The first-order valence-electron chi connectivity index (χ1n) is 7.79. The van der Waals surface area contributed by atoms with Gasteiger partial charge in [-0.25, -0.2) is 8.78 Å². The van der Waals surface area contributed by atoms with E-state index in [9.17, 15) is 37.3 Å². The summed E-state index contributed by atoms with van der Waals surface area (Å²) in [6.45, 7) is -1.69. The van der Waals surface area contributed by atoms with Crippen molar-refractivity contribution in [1.82, 2.24) is 0 Å². The number of rotatable bonds is 8. The molecule has 0 fully saturated rings. The molecule has 0 aliphatic rings. The molecule has 0 saturated heterocycles. The Morgan fingerprint density at radius 2 is 1.86 bits per heavy atom. The molecule has 0 unspecified atom stereocenters. The van der Waals surface area contributed by atoms with E-state index in [2.05, 4.69) is 5.32 Å². The second kappa shape index (κ2) is 8.54. The molecule has 2 amide bonds. The lowest BCUT2D eigenvalue weighted by atomic mass is 10.1. The van der Waals surface area contributed by atoms with Crippen molar-refractivity contribution < 1.29 is 36.8 Å². The molecule has 0 aliphatic carbocycles. The highest BCUT2D eigenvalue weighted by atomic mass is 19.3. The van der Waals surface area contributed by atoms with Gasteiger partial charge in [-0.3, -0.25) is 19.7 Å². The number of alkyl halides is 4. The van der Waals surface area contributed by atoms with Crippen LogP contribution in [0.4, 0.5) is 28.9 Å². The number of amides is 2. The fraction of sp³-hybridized carbons (Fsp3) is 0.176. The minimum atomic E-state index is -4.45. The monoisotopic (exact) mass is 415 g/mol. The van der Waals surface area contributed by atoms with E-state index in [4.69, 9.17) is 10.5 Å². The lowest BCUT2D eigenvalue weighted by Gasteiger charge is -2.18. The van der Waals surface area contributed by atoms with Crippen LogP contribution >= 0.6 is 0 Å². The van der Waals surface area contributed by atoms with Crippen molar-refractivity contribution in [1.29, 1.82) is 0 Å². The van der Waals surface area contributed by atoms with E-state index in [1.54, 1.807) is 0 Å². The van der Waals surface area contributed by atoms with E-state index in [1.165, 1.54) is 12.1 Å². The molecule has 12 heteroatoms. The first-order chi connectivity index (χ1) is 13.5. The third kappa shape index (κ3) is 5.40. The number of nitrogens with zero attached hydrogens (tertiary/aromatic N) is 1. The van der Waals surface area contributed by atoms with Crippen molar-refractivity contribution in [3.63, 3.8) is 0 Å². The maximum atomic E-state index is 13.1. The van der Waals surface area contributed by atoms with Crippen LogP contribution in [-0.2, 0) is 0 Å². The molecular formula is C17H13F4N3O5. The molecule has 0 radical (unpaired) electrons. The van der Waals surface area contributed by atoms with Gasteiger partial charge in [0.2, 0.25) is 5.91 Å². The summed E-state index contributed by atoms with van der Waals surface area (Å²) in [5, 5.41) is 13.0. The first kappa shape index (κ1) is 21.6. The third-order valence-corrected chi connectivity index (χ3v) is 3.57. The summed E-state index contributed by atoms with van der Waals surface area (Å²) in [4.78, 5) is 33.8. The van der Waals surface area contributed by atoms with Gasteiger partial charge in [-0.15, -0.1) is 0 Å². The van der Waals surface area contributed by atoms with Gasteiger partial charge in [-0.2, -0.15) is 8.78 Å². The fourth-order valence-corrected chi connectivity index (χ4v) is 2.10. The quantitative estimate of drug-likeness (QED) is 0.389. The second-order valence-corrected chi connectivity index (χ2v) is 5.69. The number of nitrogens with two attached hydrogens (primary N) is 1. The summed E-state index contributed by atoms with van der Waals surface area (Å²) >= 11 is 0. The average Bonchev–Trinajstić information content (AvgIpc) is 2.66. The van der Waals surface area contributed by atoms with E-state index in [0.29, 0.717) is 0 Å². The molecule has 0 aliphatic heterocycles. The number of carbonyl (C=O) groups is 2. The second-order valence-electron chi connectivity index (χ2n) is 5.69. The Morgan fingerprint density at radius 1 is 1.17 bits per heavy atom. The van der Waals surface area contributed by atoms with Crippen LogP contribution in [0, 0.1) is 10.1 Å². The minimum Gasteiger partial charge on any atom is -0.485 e. The van der Waals surface area contributed by atoms with Crippen molar-refractivity contribution in [2.45, 2.75) is 12.3 Å². The van der Waals surface area contributed by atoms with Gasteiger partial charge in [-0.05, 0) is 24.3 Å². The summed E-state index contributed by atoms with van der Waals surface area (Å²) in [6, 6.07) is 7.66. The van der Waals surface area contributed by atoms with Gasteiger partial charge in [0.25, 0.3) is 11.6 Å². The number of halogens is 4. The van der Waals surface area contributed by atoms with Crippen LogP contribution < -0.4 is 15.8 Å². The van der Waals surface area contributed by atoms with E-state index in [-0.39, 0.29) is 22.5 Å². The van der Waals surface area contributed by atoms with Gasteiger partial charge in [0.1, 0.15) is 5.75 Å². The minimum absolute atomic E-state index is 0.132. The summed E-state index contributed by atoms with van der Waals surface area (Å²) in [5.74, 6) is -6.71. The molecule has 0 saturated carbocycles. The summed E-state index contributed by atoms with van der Waals surface area (Å²) in [7, 11) is 0. The molecule has 154 valence electrons. The predicted octanol–water partition coefficient (Wildman–Crippen LogP) is 3.23. The molecule has 0 bridgehead atoms. The van der Waals surface area contributed by atoms with Crippen LogP contribution in [0.3, 0.4) is 0 Å². The standard InChI is InChI=1S/C17H13F4N3O5/c18-16(19)17(20,21)8-29-13-5-4-9(14(22)25)7-12(13)23-15(26)10-2-1-3-11(6-10)24(27)28/h1-7,16H,8H2,(H2,22,25)(H,23,26). The number of non-ortho nitro benzene ring substituents is 1. The molecule has 8 nitrogen and oxygen atoms in total. The Morgan fingerprint density at radius 3 is 2.45 bits per heavy atom.